The van der Waals surface area contributed by atoms with Gasteiger partial charge in [0.25, 0.3) is 0 Å². The van der Waals surface area contributed by atoms with Gasteiger partial charge in [0.1, 0.15) is 11.6 Å². The first-order valence-electron chi connectivity index (χ1n) is 9.01. The van der Waals surface area contributed by atoms with E-state index in [9.17, 15) is 4.39 Å². The van der Waals surface area contributed by atoms with Crippen LogP contribution in [0, 0.1) is 5.82 Å². The fourth-order valence-electron chi connectivity index (χ4n) is 2.96. The molecule has 0 radical (unpaired) electrons. The number of halogens is 1. The van der Waals surface area contributed by atoms with E-state index in [2.05, 4.69) is 19.6 Å². The van der Waals surface area contributed by atoms with Crippen molar-refractivity contribution in [2.24, 2.45) is 0 Å². The summed E-state index contributed by atoms with van der Waals surface area (Å²) in [7, 11) is 0. The smallest absolute Gasteiger partial charge is 0.198 e. The van der Waals surface area contributed by atoms with Crippen molar-refractivity contribution < 1.29 is 4.39 Å². The third-order valence-corrected chi connectivity index (χ3v) is 6.31. The van der Waals surface area contributed by atoms with Gasteiger partial charge in [-0.15, -0.1) is 10.2 Å². The Balaban J connectivity index is 1.53. The van der Waals surface area contributed by atoms with Crippen molar-refractivity contribution in [3.63, 3.8) is 0 Å². The first-order chi connectivity index (χ1) is 13.8. The van der Waals surface area contributed by atoms with Crippen molar-refractivity contribution in [1.82, 2.24) is 24.1 Å². The van der Waals surface area contributed by atoms with Gasteiger partial charge in [0.2, 0.25) is 0 Å². The summed E-state index contributed by atoms with van der Waals surface area (Å²) in [5, 5.41) is 9.33. The Labute approximate surface area is 169 Å². The van der Waals surface area contributed by atoms with Crippen molar-refractivity contribution in [1.29, 1.82) is 0 Å². The molecule has 4 aromatic rings. The summed E-state index contributed by atoms with van der Waals surface area (Å²) in [6.07, 6.45) is 2.34. The number of benzene rings is 2. The van der Waals surface area contributed by atoms with Crippen molar-refractivity contribution in [3.8, 4) is 11.4 Å². The number of aromatic nitrogens is 5. The van der Waals surface area contributed by atoms with Crippen LogP contribution in [0.5, 0.6) is 0 Å². The summed E-state index contributed by atoms with van der Waals surface area (Å²) in [6.45, 7) is 0.550. The molecule has 5 nitrogen and oxygen atoms in total. The normalized spacial score (nSPS) is 13.8. The van der Waals surface area contributed by atoms with Crippen LogP contribution in [0.3, 0.4) is 0 Å². The van der Waals surface area contributed by atoms with E-state index in [0.29, 0.717) is 29.0 Å². The summed E-state index contributed by atoms with van der Waals surface area (Å²) in [6, 6.07) is 16.7. The Morgan fingerprint density at radius 2 is 1.82 bits per heavy atom. The highest BCUT2D eigenvalue weighted by Gasteiger charge is 2.28. The van der Waals surface area contributed by atoms with Crippen LogP contribution in [0.1, 0.15) is 30.1 Å². The van der Waals surface area contributed by atoms with Crippen molar-refractivity contribution in [3.05, 3.63) is 71.8 Å². The number of rotatable bonds is 6. The van der Waals surface area contributed by atoms with Gasteiger partial charge in [-0.2, -0.15) is 4.37 Å². The van der Waals surface area contributed by atoms with E-state index in [1.807, 2.05) is 34.9 Å². The van der Waals surface area contributed by atoms with Gasteiger partial charge in [0.05, 0.1) is 12.1 Å². The summed E-state index contributed by atoms with van der Waals surface area (Å²) in [5.41, 5.74) is 1.53. The molecule has 5 rings (SSSR count). The van der Waals surface area contributed by atoms with E-state index in [-0.39, 0.29) is 5.82 Å². The average molecular weight is 410 g/mol. The van der Waals surface area contributed by atoms with Gasteiger partial charge in [-0.25, -0.2) is 9.37 Å². The Morgan fingerprint density at radius 1 is 1.04 bits per heavy atom. The molecule has 2 aromatic heterocycles. The molecule has 0 N–H and O–H groups in total. The molecule has 1 aliphatic carbocycles. The predicted octanol–water partition coefficient (Wildman–Crippen LogP) is 5.01. The molecule has 28 heavy (non-hydrogen) atoms. The Morgan fingerprint density at radius 3 is 2.61 bits per heavy atom. The number of nitrogens with zero attached hydrogens (tertiary/aromatic N) is 5. The minimum absolute atomic E-state index is 0.312. The van der Waals surface area contributed by atoms with Gasteiger partial charge in [-0.1, -0.05) is 42.5 Å². The molecule has 0 saturated heterocycles. The molecule has 0 aliphatic heterocycles. The van der Waals surface area contributed by atoms with Crippen LogP contribution in [-0.4, -0.2) is 24.1 Å². The van der Waals surface area contributed by atoms with E-state index < -0.39 is 0 Å². The van der Waals surface area contributed by atoms with Crippen LogP contribution in [-0.2, 0) is 6.54 Å². The second-order valence-electron chi connectivity index (χ2n) is 6.65. The van der Waals surface area contributed by atoms with E-state index in [4.69, 9.17) is 0 Å². The van der Waals surface area contributed by atoms with Gasteiger partial charge >= 0.3 is 0 Å². The third kappa shape index (κ3) is 3.57. The predicted molar refractivity (Wildman–Crippen MR) is 107 cm³/mol. The maximum atomic E-state index is 14.4. The molecule has 0 unspecified atom stereocenters. The molecule has 0 bridgehead atoms. The summed E-state index contributed by atoms with van der Waals surface area (Å²) in [5.74, 6) is 1.64. The topological polar surface area (TPSA) is 56.5 Å². The molecule has 0 atom stereocenters. The zero-order valence-electron chi connectivity index (χ0n) is 14.8. The maximum absolute atomic E-state index is 14.4. The number of hydrogen-bond acceptors (Lipinski definition) is 6. The minimum atomic E-state index is -0.312. The second kappa shape index (κ2) is 7.44. The van der Waals surface area contributed by atoms with E-state index >= 15 is 0 Å². The Bertz CT molecular complexity index is 1100. The Hall–Kier alpha value is -2.58. The molecule has 1 fully saturated rings. The first kappa shape index (κ1) is 17.5. The van der Waals surface area contributed by atoms with Gasteiger partial charge in [0.15, 0.2) is 15.3 Å². The van der Waals surface area contributed by atoms with Crippen LogP contribution >= 0.6 is 23.3 Å². The van der Waals surface area contributed by atoms with E-state index in [1.165, 1.54) is 42.2 Å². The lowest BCUT2D eigenvalue weighted by Crippen LogP contribution is -2.04. The van der Waals surface area contributed by atoms with Crippen LogP contribution in [0.2, 0.25) is 0 Å². The molecule has 2 heterocycles. The molecule has 8 heteroatoms. The van der Waals surface area contributed by atoms with Crippen molar-refractivity contribution in [2.75, 3.05) is 0 Å². The second-order valence-corrected chi connectivity index (χ2v) is 8.62. The monoisotopic (exact) mass is 409 g/mol. The molecular formula is C20H16FN5S2. The maximum Gasteiger partial charge on any atom is 0.198 e. The Kier molecular flexibility index (Phi) is 4.66. The van der Waals surface area contributed by atoms with Gasteiger partial charge < -0.3 is 0 Å². The number of hydrogen-bond donors (Lipinski definition) is 0. The van der Waals surface area contributed by atoms with Crippen LogP contribution in [0.25, 0.3) is 11.4 Å². The lowest BCUT2D eigenvalue weighted by atomic mass is 10.2. The SMILES string of the molecule is Fc1ccccc1-c1nnc(Sc2nc(C3CC3)ns2)n1Cc1ccccc1. The van der Waals surface area contributed by atoms with Crippen molar-refractivity contribution >= 4 is 23.3 Å². The van der Waals surface area contributed by atoms with Crippen LogP contribution in [0.15, 0.2) is 64.1 Å². The third-order valence-electron chi connectivity index (χ3n) is 4.56. The fourth-order valence-corrected chi connectivity index (χ4v) is 4.58. The first-order valence-corrected chi connectivity index (χ1v) is 10.6. The van der Waals surface area contributed by atoms with Crippen LogP contribution < -0.4 is 0 Å². The van der Waals surface area contributed by atoms with E-state index in [0.717, 1.165) is 15.7 Å². The summed E-state index contributed by atoms with van der Waals surface area (Å²) >= 11 is 2.82. The molecule has 2 aromatic carbocycles. The zero-order valence-corrected chi connectivity index (χ0v) is 16.5. The highest BCUT2D eigenvalue weighted by atomic mass is 32.2. The van der Waals surface area contributed by atoms with Crippen LogP contribution in [0.4, 0.5) is 4.39 Å². The summed E-state index contributed by atoms with van der Waals surface area (Å²) < 4.78 is 21.7. The lowest BCUT2D eigenvalue weighted by Gasteiger charge is -2.10. The van der Waals surface area contributed by atoms with Gasteiger partial charge in [-0.3, -0.25) is 4.57 Å². The quantitative estimate of drug-likeness (QED) is 0.448. The molecule has 1 saturated carbocycles. The highest BCUT2D eigenvalue weighted by Crippen LogP contribution is 2.40. The molecule has 1 aliphatic rings. The molecular weight excluding hydrogens is 393 g/mol. The van der Waals surface area contributed by atoms with Gasteiger partial charge in [0, 0.05) is 5.92 Å². The standard InChI is InChI=1S/C20H16FN5S2/c21-16-9-5-4-8-15(16)18-23-24-19(26(18)12-13-6-2-1-3-7-13)27-20-22-17(25-28-20)14-10-11-14/h1-9,14H,10-12H2. The van der Waals surface area contributed by atoms with Crippen molar-refractivity contribution in [2.45, 2.75) is 34.8 Å². The summed E-state index contributed by atoms with van der Waals surface area (Å²) in [4.78, 5) is 4.63. The highest BCUT2D eigenvalue weighted by molar-refractivity contribution is 8.00. The zero-order chi connectivity index (χ0) is 18.9. The fraction of sp³-hybridized carbons (Fsp3) is 0.200. The lowest BCUT2D eigenvalue weighted by molar-refractivity contribution is 0.626. The van der Waals surface area contributed by atoms with E-state index in [1.54, 1.807) is 18.2 Å². The molecule has 0 amide bonds. The average Bonchev–Trinajstić information content (AvgIpc) is 3.35. The molecule has 0 spiro atoms. The minimum Gasteiger partial charge on any atom is -0.297 e. The largest absolute Gasteiger partial charge is 0.297 e. The van der Waals surface area contributed by atoms with Gasteiger partial charge in [-0.05, 0) is 53.8 Å². The molecule has 140 valence electrons.